The van der Waals surface area contributed by atoms with Gasteiger partial charge < -0.3 is 4.74 Å². The van der Waals surface area contributed by atoms with Gasteiger partial charge >= 0.3 is 0 Å². The number of pyridine rings is 1. The molecule has 3 rings (SSSR count). The number of aromatic nitrogens is 1. The SMILES string of the molecule is Fc1ccc(Oc2ncc(CCl)c3ccccc23)c(Cl)c1. The molecule has 0 atom stereocenters. The summed E-state index contributed by atoms with van der Waals surface area (Å²) in [7, 11) is 0. The zero-order valence-electron chi connectivity index (χ0n) is 10.8. The van der Waals surface area contributed by atoms with E-state index in [1.165, 1.54) is 18.2 Å². The van der Waals surface area contributed by atoms with Crippen molar-refractivity contribution in [1.82, 2.24) is 4.98 Å². The molecule has 2 aromatic carbocycles. The zero-order valence-corrected chi connectivity index (χ0v) is 12.3. The number of halogens is 3. The van der Waals surface area contributed by atoms with Crippen molar-refractivity contribution in [3.05, 3.63) is 65.1 Å². The first-order valence-electron chi connectivity index (χ1n) is 6.24. The lowest BCUT2D eigenvalue weighted by molar-refractivity contribution is 0.467. The summed E-state index contributed by atoms with van der Waals surface area (Å²) in [5.41, 5.74) is 0.921. The Bertz CT molecular complexity index is 807. The highest BCUT2D eigenvalue weighted by molar-refractivity contribution is 6.32. The van der Waals surface area contributed by atoms with E-state index in [4.69, 9.17) is 27.9 Å². The summed E-state index contributed by atoms with van der Waals surface area (Å²) >= 11 is 11.9. The first-order valence-corrected chi connectivity index (χ1v) is 7.16. The Morgan fingerprint density at radius 2 is 1.86 bits per heavy atom. The molecule has 1 aromatic heterocycles. The smallest absolute Gasteiger partial charge is 0.227 e. The van der Waals surface area contributed by atoms with Crippen molar-refractivity contribution in [2.45, 2.75) is 5.88 Å². The third-order valence-electron chi connectivity index (χ3n) is 3.09. The number of alkyl halides is 1. The predicted octanol–water partition coefficient (Wildman–Crippen LogP) is 5.56. The molecule has 0 aliphatic rings. The van der Waals surface area contributed by atoms with E-state index in [0.717, 1.165) is 16.3 Å². The van der Waals surface area contributed by atoms with Gasteiger partial charge in [0.05, 0.1) is 5.02 Å². The predicted molar refractivity (Wildman–Crippen MR) is 82.8 cm³/mol. The molecule has 0 bridgehead atoms. The number of hydrogen-bond donors (Lipinski definition) is 0. The van der Waals surface area contributed by atoms with Gasteiger partial charge in [-0.1, -0.05) is 29.8 Å². The topological polar surface area (TPSA) is 22.1 Å². The second-order valence-corrected chi connectivity index (χ2v) is 5.12. The number of benzene rings is 2. The van der Waals surface area contributed by atoms with E-state index in [1.54, 1.807) is 6.20 Å². The molecule has 0 amide bonds. The number of hydrogen-bond acceptors (Lipinski definition) is 2. The summed E-state index contributed by atoms with van der Waals surface area (Å²) in [6.07, 6.45) is 1.67. The van der Waals surface area contributed by atoms with Crippen LogP contribution in [0.3, 0.4) is 0 Å². The molecule has 0 saturated carbocycles. The number of rotatable bonds is 3. The fraction of sp³-hybridized carbons (Fsp3) is 0.0625. The Morgan fingerprint density at radius 3 is 2.57 bits per heavy atom. The Kier molecular flexibility index (Phi) is 3.95. The molecule has 3 aromatic rings. The van der Waals surface area contributed by atoms with Crippen LogP contribution in [-0.4, -0.2) is 4.98 Å². The highest BCUT2D eigenvalue weighted by atomic mass is 35.5. The summed E-state index contributed by atoms with van der Waals surface area (Å²) in [5, 5.41) is 1.99. The molecule has 0 fully saturated rings. The summed E-state index contributed by atoms with van der Waals surface area (Å²) in [6, 6.07) is 11.6. The van der Waals surface area contributed by atoms with Crippen LogP contribution in [0.25, 0.3) is 10.8 Å². The van der Waals surface area contributed by atoms with Crippen LogP contribution in [0.5, 0.6) is 11.6 Å². The molecular formula is C16H10Cl2FNO. The van der Waals surface area contributed by atoms with Crippen molar-refractivity contribution in [2.24, 2.45) is 0 Å². The van der Waals surface area contributed by atoms with Crippen LogP contribution in [0.4, 0.5) is 4.39 Å². The Balaban J connectivity index is 2.09. The fourth-order valence-electron chi connectivity index (χ4n) is 2.08. The molecule has 0 saturated heterocycles. The first-order chi connectivity index (χ1) is 10.2. The molecule has 0 aliphatic carbocycles. The molecule has 21 heavy (non-hydrogen) atoms. The minimum atomic E-state index is -0.414. The van der Waals surface area contributed by atoms with Crippen molar-refractivity contribution < 1.29 is 9.13 Å². The van der Waals surface area contributed by atoms with Gasteiger partial charge in [0.15, 0.2) is 0 Å². The normalized spacial score (nSPS) is 10.8. The monoisotopic (exact) mass is 321 g/mol. The Hall–Kier alpha value is -1.84. The van der Waals surface area contributed by atoms with Crippen LogP contribution in [0.2, 0.25) is 5.02 Å². The van der Waals surface area contributed by atoms with Crippen molar-refractivity contribution >= 4 is 34.0 Å². The highest BCUT2D eigenvalue weighted by Gasteiger charge is 2.11. The second kappa shape index (κ2) is 5.88. The number of nitrogens with zero attached hydrogens (tertiary/aromatic N) is 1. The van der Waals surface area contributed by atoms with Gasteiger partial charge in [0.25, 0.3) is 0 Å². The van der Waals surface area contributed by atoms with E-state index in [0.29, 0.717) is 17.5 Å². The average molecular weight is 322 g/mol. The molecule has 0 unspecified atom stereocenters. The van der Waals surface area contributed by atoms with Gasteiger partial charge in [-0.3, -0.25) is 0 Å². The number of ether oxygens (including phenoxy) is 1. The maximum atomic E-state index is 13.1. The average Bonchev–Trinajstić information content (AvgIpc) is 2.50. The van der Waals surface area contributed by atoms with E-state index in [9.17, 15) is 4.39 Å². The largest absolute Gasteiger partial charge is 0.437 e. The van der Waals surface area contributed by atoms with Crippen LogP contribution in [0.15, 0.2) is 48.7 Å². The van der Waals surface area contributed by atoms with Gasteiger partial charge in [0, 0.05) is 17.5 Å². The Morgan fingerprint density at radius 1 is 1.10 bits per heavy atom. The van der Waals surface area contributed by atoms with E-state index in [2.05, 4.69) is 4.98 Å². The molecule has 0 spiro atoms. The quantitative estimate of drug-likeness (QED) is 0.589. The van der Waals surface area contributed by atoms with Crippen molar-refractivity contribution in [3.63, 3.8) is 0 Å². The third-order valence-corrected chi connectivity index (χ3v) is 3.67. The molecular weight excluding hydrogens is 312 g/mol. The maximum Gasteiger partial charge on any atom is 0.227 e. The summed E-state index contributed by atoms with van der Waals surface area (Å²) in [6.45, 7) is 0. The van der Waals surface area contributed by atoms with Crippen LogP contribution in [-0.2, 0) is 5.88 Å². The van der Waals surface area contributed by atoms with Crippen LogP contribution < -0.4 is 4.74 Å². The standard InChI is InChI=1S/C16H10Cl2FNO/c17-8-10-9-20-16(13-4-2-1-3-12(10)13)21-15-6-5-11(19)7-14(15)18/h1-7,9H,8H2. The lowest BCUT2D eigenvalue weighted by Crippen LogP contribution is -1.93. The molecule has 0 N–H and O–H groups in total. The number of fused-ring (bicyclic) bond motifs is 1. The van der Waals surface area contributed by atoms with Gasteiger partial charge in [-0.2, -0.15) is 0 Å². The van der Waals surface area contributed by atoms with E-state index >= 15 is 0 Å². The lowest BCUT2D eigenvalue weighted by Gasteiger charge is -2.11. The lowest BCUT2D eigenvalue weighted by atomic mass is 10.1. The minimum absolute atomic E-state index is 0.197. The summed E-state index contributed by atoms with van der Waals surface area (Å²) < 4.78 is 18.8. The van der Waals surface area contributed by atoms with E-state index < -0.39 is 5.82 Å². The first kappa shape index (κ1) is 14.1. The zero-order chi connectivity index (χ0) is 14.8. The van der Waals surface area contributed by atoms with Gasteiger partial charge in [-0.15, -0.1) is 11.6 Å². The molecule has 1 heterocycles. The van der Waals surface area contributed by atoms with Gasteiger partial charge in [0.1, 0.15) is 11.6 Å². The maximum absolute atomic E-state index is 13.1. The minimum Gasteiger partial charge on any atom is -0.437 e. The van der Waals surface area contributed by atoms with Crippen LogP contribution in [0, 0.1) is 5.82 Å². The van der Waals surface area contributed by atoms with Gasteiger partial charge in [-0.05, 0) is 35.2 Å². The second-order valence-electron chi connectivity index (χ2n) is 4.44. The molecule has 0 aliphatic heterocycles. The highest BCUT2D eigenvalue weighted by Crippen LogP contribution is 2.33. The Labute approximate surface area is 131 Å². The van der Waals surface area contributed by atoms with E-state index in [1.807, 2.05) is 24.3 Å². The van der Waals surface area contributed by atoms with Crippen LogP contribution in [0.1, 0.15) is 5.56 Å². The fourth-order valence-corrected chi connectivity index (χ4v) is 2.49. The van der Waals surface area contributed by atoms with Gasteiger partial charge in [-0.25, -0.2) is 9.37 Å². The van der Waals surface area contributed by atoms with Crippen LogP contribution >= 0.6 is 23.2 Å². The van der Waals surface area contributed by atoms with Gasteiger partial charge in [0.2, 0.25) is 5.88 Å². The van der Waals surface area contributed by atoms with E-state index in [-0.39, 0.29) is 5.02 Å². The molecule has 106 valence electrons. The third kappa shape index (κ3) is 2.80. The van der Waals surface area contributed by atoms with Crippen molar-refractivity contribution in [3.8, 4) is 11.6 Å². The summed E-state index contributed by atoms with van der Waals surface area (Å²) in [5.74, 6) is 0.718. The van der Waals surface area contributed by atoms with Crippen molar-refractivity contribution in [2.75, 3.05) is 0 Å². The summed E-state index contributed by atoms with van der Waals surface area (Å²) in [4.78, 5) is 4.28. The van der Waals surface area contributed by atoms with Crippen molar-refractivity contribution in [1.29, 1.82) is 0 Å². The molecule has 5 heteroatoms. The molecule has 0 radical (unpaired) electrons. The molecule has 2 nitrogen and oxygen atoms in total.